The summed E-state index contributed by atoms with van der Waals surface area (Å²) in [5, 5.41) is 6.16. The Kier molecular flexibility index (Phi) is 5.53. The van der Waals surface area contributed by atoms with Crippen molar-refractivity contribution in [1.82, 2.24) is 4.98 Å². The molecule has 1 amide bonds. The number of nitrogens with one attached hydrogen (secondary N) is 2. The lowest BCUT2D eigenvalue weighted by Gasteiger charge is -2.11. The Bertz CT molecular complexity index is 635. The van der Waals surface area contributed by atoms with Crippen molar-refractivity contribution in [3.63, 3.8) is 0 Å². The van der Waals surface area contributed by atoms with Crippen LogP contribution in [0.1, 0.15) is 37.3 Å². The molecule has 0 fully saturated rings. The lowest BCUT2D eigenvalue weighted by atomic mass is 10.1. The molecule has 2 aromatic rings. The van der Waals surface area contributed by atoms with Crippen LogP contribution in [0.3, 0.4) is 0 Å². The first-order valence-electron chi connectivity index (χ1n) is 7.68. The molecule has 0 saturated heterocycles. The van der Waals surface area contributed by atoms with Crippen molar-refractivity contribution in [2.24, 2.45) is 0 Å². The van der Waals surface area contributed by atoms with Crippen molar-refractivity contribution in [2.45, 2.75) is 40.0 Å². The van der Waals surface area contributed by atoms with E-state index < -0.39 is 0 Å². The van der Waals surface area contributed by atoms with E-state index in [2.05, 4.69) is 54.6 Å². The molecule has 2 rings (SSSR count). The van der Waals surface area contributed by atoms with Crippen LogP contribution in [0.4, 0.5) is 17.2 Å². The Morgan fingerprint density at radius 2 is 2.00 bits per heavy atom. The van der Waals surface area contributed by atoms with Gasteiger partial charge in [0.25, 0.3) is 0 Å². The Morgan fingerprint density at radius 1 is 1.18 bits per heavy atom. The zero-order chi connectivity index (χ0) is 15.9. The molecule has 22 heavy (non-hydrogen) atoms. The molecule has 1 aromatic heterocycles. The summed E-state index contributed by atoms with van der Waals surface area (Å²) in [5.74, 6) is 0.609. The minimum Gasteiger partial charge on any atom is -0.354 e. The highest BCUT2D eigenvalue weighted by Crippen LogP contribution is 2.22. The van der Waals surface area contributed by atoms with Crippen LogP contribution in [0.25, 0.3) is 0 Å². The maximum Gasteiger partial charge on any atom is 0.225 e. The van der Waals surface area contributed by atoms with Crippen molar-refractivity contribution < 1.29 is 4.79 Å². The smallest absolute Gasteiger partial charge is 0.225 e. The molecule has 4 heteroatoms. The van der Waals surface area contributed by atoms with E-state index in [1.165, 1.54) is 11.1 Å². The number of hydrogen-bond donors (Lipinski definition) is 2. The zero-order valence-corrected chi connectivity index (χ0v) is 13.4. The fraction of sp³-hybridized carbons (Fsp3) is 0.333. The third kappa shape index (κ3) is 4.58. The molecule has 0 unspecified atom stereocenters. The lowest BCUT2D eigenvalue weighted by molar-refractivity contribution is -0.116. The summed E-state index contributed by atoms with van der Waals surface area (Å²) in [6.07, 6.45) is 4.19. The molecule has 4 nitrogen and oxygen atoms in total. The van der Waals surface area contributed by atoms with Gasteiger partial charge in [-0.25, -0.2) is 4.98 Å². The number of carbonyl (C=O) groups is 1. The molecule has 0 aliphatic heterocycles. The number of pyridine rings is 1. The van der Waals surface area contributed by atoms with Crippen molar-refractivity contribution in [3.8, 4) is 0 Å². The Hall–Kier alpha value is -2.36. The average molecular weight is 297 g/mol. The van der Waals surface area contributed by atoms with Gasteiger partial charge in [-0.3, -0.25) is 4.79 Å². The number of nitrogens with zero attached hydrogens (tertiary/aromatic N) is 1. The van der Waals surface area contributed by atoms with E-state index in [9.17, 15) is 4.79 Å². The second-order valence-electron chi connectivity index (χ2n) is 5.53. The van der Waals surface area contributed by atoms with Gasteiger partial charge in [0.15, 0.2) is 0 Å². The van der Waals surface area contributed by atoms with Crippen molar-refractivity contribution in [3.05, 3.63) is 47.7 Å². The van der Waals surface area contributed by atoms with Crippen molar-refractivity contribution >= 4 is 23.1 Å². The number of aromatic nitrogens is 1. The number of amides is 1. The maximum absolute atomic E-state index is 11.7. The van der Waals surface area contributed by atoms with Gasteiger partial charge in [0.05, 0.1) is 11.9 Å². The van der Waals surface area contributed by atoms with E-state index in [-0.39, 0.29) is 5.91 Å². The third-order valence-electron chi connectivity index (χ3n) is 3.46. The van der Waals surface area contributed by atoms with Gasteiger partial charge in [0, 0.05) is 12.1 Å². The van der Waals surface area contributed by atoms with Gasteiger partial charge in [-0.1, -0.05) is 25.5 Å². The molecule has 116 valence electrons. The molecule has 0 aliphatic carbocycles. The molecule has 1 aromatic carbocycles. The minimum absolute atomic E-state index is 0.0181. The van der Waals surface area contributed by atoms with E-state index >= 15 is 0 Å². The first kappa shape index (κ1) is 16.0. The number of aryl methyl sites for hydroxylation is 2. The Morgan fingerprint density at radius 3 is 2.68 bits per heavy atom. The SMILES string of the molecule is CCCCC(=O)Nc1ccc(Nc2cc(C)ccc2C)cn1. The average Bonchev–Trinajstić information content (AvgIpc) is 2.51. The van der Waals surface area contributed by atoms with E-state index in [1.54, 1.807) is 6.20 Å². The quantitative estimate of drug-likeness (QED) is 0.821. The highest BCUT2D eigenvalue weighted by Gasteiger charge is 2.04. The molecule has 0 bridgehead atoms. The number of benzene rings is 1. The summed E-state index contributed by atoms with van der Waals surface area (Å²) in [5.41, 5.74) is 4.37. The number of rotatable bonds is 6. The van der Waals surface area contributed by atoms with E-state index in [0.717, 1.165) is 24.2 Å². The molecular formula is C18H23N3O. The zero-order valence-electron chi connectivity index (χ0n) is 13.4. The van der Waals surface area contributed by atoms with Crippen LogP contribution < -0.4 is 10.6 Å². The van der Waals surface area contributed by atoms with Crippen LogP contribution in [-0.4, -0.2) is 10.9 Å². The van der Waals surface area contributed by atoms with E-state index in [0.29, 0.717) is 12.2 Å². The summed E-state index contributed by atoms with van der Waals surface area (Å²) in [4.78, 5) is 15.9. The Labute approximate surface area is 132 Å². The first-order valence-corrected chi connectivity index (χ1v) is 7.68. The van der Waals surface area contributed by atoms with E-state index in [1.807, 2.05) is 12.1 Å². The summed E-state index contributed by atoms with van der Waals surface area (Å²) < 4.78 is 0. The van der Waals surface area contributed by atoms with Gasteiger partial charge in [0.2, 0.25) is 5.91 Å². The highest BCUT2D eigenvalue weighted by molar-refractivity contribution is 5.89. The fourth-order valence-corrected chi connectivity index (χ4v) is 2.11. The van der Waals surface area contributed by atoms with Crippen LogP contribution >= 0.6 is 0 Å². The predicted molar refractivity (Wildman–Crippen MR) is 91.6 cm³/mol. The van der Waals surface area contributed by atoms with Gasteiger partial charge in [-0.15, -0.1) is 0 Å². The molecule has 2 N–H and O–H groups in total. The number of unbranched alkanes of at least 4 members (excludes halogenated alkanes) is 1. The first-order chi connectivity index (χ1) is 10.6. The van der Waals surface area contributed by atoms with Crippen LogP contribution in [0, 0.1) is 13.8 Å². The van der Waals surface area contributed by atoms with Gasteiger partial charge >= 0.3 is 0 Å². The van der Waals surface area contributed by atoms with Gasteiger partial charge in [-0.2, -0.15) is 0 Å². The molecule has 0 radical (unpaired) electrons. The van der Waals surface area contributed by atoms with Gasteiger partial charge in [-0.05, 0) is 49.6 Å². The van der Waals surface area contributed by atoms with Crippen molar-refractivity contribution in [1.29, 1.82) is 0 Å². The topological polar surface area (TPSA) is 54.0 Å². The molecule has 0 atom stereocenters. The summed E-state index contributed by atoms with van der Waals surface area (Å²) in [6.45, 7) is 6.20. The Balaban J connectivity index is 2.00. The third-order valence-corrected chi connectivity index (χ3v) is 3.46. The maximum atomic E-state index is 11.7. The fourth-order valence-electron chi connectivity index (χ4n) is 2.11. The lowest BCUT2D eigenvalue weighted by Crippen LogP contribution is -2.12. The molecule has 0 saturated carbocycles. The standard InChI is InChI=1S/C18H23N3O/c1-4-5-6-18(22)21-17-10-9-15(12-19-17)20-16-11-13(2)7-8-14(16)3/h7-12,20H,4-6H2,1-3H3,(H,19,21,22). The summed E-state index contributed by atoms with van der Waals surface area (Å²) >= 11 is 0. The monoisotopic (exact) mass is 297 g/mol. The summed E-state index contributed by atoms with van der Waals surface area (Å²) in [7, 11) is 0. The van der Waals surface area contributed by atoms with Crippen molar-refractivity contribution in [2.75, 3.05) is 10.6 Å². The van der Waals surface area contributed by atoms with Crippen LogP contribution in [0.2, 0.25) is 0 Å². The molecule has 1 heterocycles. The molecular weight excluding hydrogens is 274 g/mol. The highest BCUT2D eigenvalue weighted by atomic mass is 16.1. The number of anilines is 3. The van der Waals surface area contributed by atoms with Crippen LogP contribution in [-0.2, 0) is 4.79 Å². The minimum atomic E-state index is 0.0181. The number of carbonyl (C=O) groups excluding carboxylic acids is 1. The second-order valence-corrected chi connectivity index (χ2v) is 5.53. The predicted octanol–water partition coefficient (Wildman–Crippen LogP) is 4.57. The van der Waals surface area contributed by atoms with Gasteiger partial charge in [0.1, 0.15) is 5.82 Å². The van der Waals surface area contributed by atoms with Crippen LogP contribution in [0.15, 0.2) is 36.5 Å². The molecule has 0 aliphatic rings. The largest absolute Gasteiger partial charge is 0.354 e. The van der Waals surface area contributed by atoms with E-state index in [4.69, 9.17) is 0 Å². The van der Waals surface area contributed by atoms with Crippen LogP contribution in [0.5, 0.6) is 0 Å². The second kappa shape index (κ2) is 7.59. The summed E-state index contributed by atoms with van der Waals surface area (Å²) in [6, 6.07) is 10.0. The number of hydrogen-bond acceptors (Lipinski definition) is 3. The normalized spacial score (nSPS) is 10.3. The van der Waals surface area contributed by atoms with Gasteiger partial charge < -0.3 is 10.6 Å². The molecule has 0 spiro atoms.